The van der Waals surface area contributed by atoms with Crippen molar-refractivity contribution < 1.29 is 0 Å². The molecular weight excluding hydrogens is 302 g/mol. The van der Waals surface area contributed by atoms with E-state index in [9.17, 15) is 0 Å². The van der Waals surface area contributed by atoms with Gasteiger partial charge in [-0.05, 0) is 28.5 Å². The summed E-state index contributed by atoms with van der Waals surface area (Å²) in [7, 11) is 0. The van der Waals surface area contributed by atoms with Crippen molar-refractivity contribution >= 4 is 33.3 Å². The number of hydrogen-bond acceptors (Lipinski definition) is 3. The van der Waals surface area contributed by atoms with Crippen molar-refractivity contribution in [2.24, 2.45) is 0 Å². The van der Waals surface area contributed by atoms with E-state index in [1.165, 1.54) is 0 Å². The minimum atomic E-state index is 0.510. The molecular formula is C12H17BrClN3. The van der Waals surface area contributed by atoms with E-state index in [1.807, 2.05) is 6.20 Å². The highest BCUT2D eigenvalue weighted by atomic mass is 79.9. The summed E-state index contributed by atoms with van der Waals surface area (Å²) >= 11 is 9.42. The molecule has 0 aromatic carbocycles. The SMILES string of the molecule is CCN1CCN(c2ncc(Br)cc2CCl)CC1. The zero-order valence-corrected chi connectivity index (χ0v) is 12.3. The summed E-state index contributed by atoms with van der Waals surface area (Å²) in [6.07, 6.45) is 1.84. The molecule has 0 spiro atoms. The smallest absolute Gasteiger partial charge is 0.133 e. The molecule has 1 fully saturated rings. The van der Waals surface area contributed by atoms with Gasteiger partial charge in [-0.3, -0.25) is 0 Å². The Morgan fingerprint density at radius 1 is 1.35 bits per heavy atom. The van der Waals surface area contributed by atoms with Gasteiger partial charge in [0, 0.05) is 42.4 Å². The molecule has 1 aromatic rings. The number of hydrogen-bond donors (Lipinski definition) is 0. The maximum absolute atomic E-state index is 5.98. The number of likely N-dealkylation sites (N-methyl/N-ethyl adjacent to an activating group) is 1. The molecule has 0 radical (unpaired) electrons. The first-order chi connectivity index (χ1) is 8.24. The van der Waals surface area contributed by atoms with Gasteiger partial charge in [0.25, 0.3) is 0 Å². The van der Waals surface area contributed by atoms with E-state index >= 15 is 0 Å². The van der Waals surface area contributed by atoms with Gasteiger partial charge in [0.05, 0.1) is 5.88 Å². The van der Waals surface area contributed by atoms with Crippen LogP contribution in [0.1, 0.15) is 12.5 Å². The van der Waals surface area contributed by atoms with Gasteiger partial charge < -0.3 is 9.80 Å². The van der Waals surface area contributed by atoms with Crippen LogP contribution in [0.3, 0.4) is 0 Å². The van der Waals surface area contributed by atoms with E-state index in [-0.39, 0.29) is 0 Å². The van der Waals surface area contributed by atoms with Crippen molar-refractivity contribution in [2.45, 2.75) is 12.8 Å². The van der Waals surface area contributed by atoms with Gasteiger partial charge in [0.15, 0.2) is 0 Å². The highest BCUT2D eigenvalue weighted by Gasteiger charge is 2.18. The quantitative estimate of drug-likeness (QED) is 0.799. The fourth-order valence-electron chi connectivity index (χ4n) is 2.13. The first-order valence-corrected chi connectivity index (χ1v) is 7.25. The molecule has 94 valence electrons. The Morgan fingerprint density at radius 2 is 2.06 bits per heavy atom. The number of nitrogens with zero attached hydrogens (tertiary/aromatic N) is 3. The average molecular weight is 319 g/mol. The molecule has 2 rings (SSSR count). The van der Waals surface area contributed by atoms with Crippen LogP contribution in [0.5, 0.6) is 0 Å². The van der Waals surface area contributed by atoms with E-state index in [1.54, 1.807) is 0 Å². The van der Waals surface area contributed by atoms with Crippen molar-refractivity contribution in [1.82, 2.24) is 9.88 Å². The molecule has 0 atom stereocenters. The largest absolute Gasteiger partial charge is 0.354 e. The lowest BCUT2D eigenvalue weighted by Crippen LogP contribution is -2.46. The Kier molecular flexibility index (Phi) is 4.65. The predicted octanol–water partition coefficient (Wildman–Crippen LogP) is 2.72. The fourth-order valence-corrected chi connectivity index (χ4v) is 2.71. The van der Waals surface area contributed by atoms with Crippen molar-refractivity contribution in [3.8, 4) is 0 Å². The number of halogens is 2. The van der Waals surface area contributed by atoms with Crippen LogP contribution < -0.4 is 4.90 Å². The second-order valence-corrected chi connectivity index (χ2v) is 5.37. The number of pyridine rings is 1. The van der Waals surface area contributed by atoms with Gasteiger partial charge in [-0.1, -0.05) is 6.92 Å². The molecule has 1 saturated heterocycles. The third-order valence-corrected chi connectivity index (χ3v) is 3.89. The lowest BCUT2D eigenvalue weighted by atomic mass is 10.2. The van der Waals surface area contributed by atoms with Gasteiger partial charge in [-0.2, -0.15) is 0 Å². The summed E-state index contributed by atoms with van der Waals surface area (Å²) in [5.74, 6) is 1.55. The molecule has 0 N–H and O–H groups in total. The van der Waals surface area contributed by atoms with Crippen LogP contribution in [0, 0.1) is 0 Å². The molecule has 3 nitrogen and oxygen atoms in total. The van der Waals surface area contributed by atoms with Gasteiger partial charge in [0.1, 0.15) is 5.82 Å². The van der Waals surface area contributed by atoms with Crippen molar-refractivity contribution in [3.05, 3.63) is 22.3 Å². The summed E-state index contributed by atoms with van der Waals surface area (Å²) in [6, 6.07) is 2.06. The van der Waals surface area contributed by atoms with Crippen LogP contribution in [0.15, 0.2) is 16.7 Å². The van der Waals surface area contributed by atoms with Crippen molar-refractivity contribution in [3.63, 3.8) is 0 Å². The first kappa shape index (κ1) is 13.1. The second-order valence-electron chi connectivity index (χ2n) is 4.19. The maximum atomic E-state index is 5.98. The first-order valence-electron chi connectivity index (χ1n) is 5.92. The Morgan fingerprint density at radius 3 is 2.65 bits per heavy atom. The summed E-state index contributed by atoms with van der Waals surface area (Å²) in [6.45, 7) is 7.62. The van der Waals surface area contributed by atoms with E-state index in [0.717, 1.165) is 48.6 Å². The Bertz CT molecular complexity index is 378. The van der Waals surface area contributed by atoms with E-state index < -0.39 is 0 Å². The summed E-state index contributed by atoms with van der Waals surface area (Å²) < 4.78 is 0.990. The molecule has 1 aliphatic rings. The van der Waals surface area contributed by atoms with Gasteiger partial charge in [0.2, 0.25) is 0 Å². The van der Waals surface area contributed by atoms with Crippen LogP contribution in [0.25, 0.3) is 0 Å². The molecule has 0 unspecified atom stereocenters. The Hall–Kier alpha value is -0.320. The molecule has 5 heteroatoms. The topological polar surface area (TPSA) is 19.4 Å². The average Bonchev–Trinajstić information content (AvgIpc) is 2.39. The van der Waals surface area contributed by atoms with Gasteiger partial charge in [-0.25, -0.2) is 4.98 Å². The molecule has 0 aliphatic carbocycles. The molecule has 0 bridgehead atoms. The second kappa shape index (κ2) is 6.03. The summed E-state index contributed by atoms with van der Waals surface area (Å²) in [4.78, 5) is 9.28. The molecule has 1 aliphatic heterocycles. The zero-order chi connectivity index (χ0) is 12.3. The Labute approximate surface area is 116 Å². The van der Waals surface area contributed by atoms with E-state index in [2.05, 4.69) is 43.7 Å². The van der Waals surface area contributed by atoms with Crippen molar-refractivity contribution in [1.29, 1.82) is 0 Å². The number of piperazine rings is 1. The summed E-state index contributed by atoms with van der Waals surface area (Å²) in [5.41, 5.74) is 1.10. The molecule has 17 heavy (non-hydrogen) atoms. The van der Waals surface area contributed by atoms with Crippen LogP contribution in [-0.2, 0) is 5.88 Å². The molecule has 0 amide bonds. The van der Waals surface area contributed by atoms with Crippen LogP contribution >= 0.6 is 27.5 Å². The van der Waals surface area contributed by atoms with Crippen LogP contribution in [0.4, 0.5) is 5.82 Å². The van der Waals surface area contributed by atoms with Crippen LogP contribution in [-0.4, -0.2) is 42.6 Å². The lowest BCUT2D eigenvalue weighted by molar-refractivity contribution is 0.270. The number of alkyl halides is 1. The fraction of sp³-hybridized carbons (Fsp3) is 0.583. The third-order valence-electron chi connectivity index (χ3n) is 3.17. The minimum Gasteiger partial charge on any atom is -0.354 e. The molecule has 1 aromatic heterocycles. The third kappa shape index (κ3) is 3.12. The number of rotatable bonds is 3. The van der Waals surface area contributed by atoms with Crippen molar-refractivity contribution in [2.75, 3.05) is 37.6 Å². The van der Waals surface area contributed by atoms with Gasteiger partial charge >= 0.3 is 0 Å². The molecule has 2 heterocycles. The number of anilines is 1. The molecule has 0 saturated carbocycles. The minimum absolute atomic E-state index is 0.510. The highest BCUT2D eigenvalue weighted by molar-refractivity contribution is 9.10. The highest BCUT2D eigenvalue weighted by Crippen LogP contribution is 2.24. The maximum Gasteiger partial charge on any atom is 0.133 e. The lowest BCUT2D eigenvalue weighted by Gasteiger charge is -2.35. The van der Waals surface area contributed by atoms with E-state index in [0.29, 0.717) is 5.88 Å². The zero-order valence-electron chi connectivity index (χ0n) is 9.99. The number of aromatic nitrogens is 1. The normalized spacial score (nSPS) is 17.5. The predicted molar refractivity (Wildman–Crippen MR) is 75.8 cm³/mol. The van der Waals surface area contributed by atoms with Crippen LogP contribution in [0.2, 0.25) is 0 Å². The Balaban J connectivity index is 2.12. The van der Waals surface area contributed by atoms with Gasteiger partial charge in [-0.15, -0.1) is 11.6 Å². The summed E-state index contributed by atoms with van der Waals surface area (Å²) in [5, 5.41) is 0. The monoisotopic (exact) mass is 317 g/mol. The van der Waals surface area contributed by atoms with E-state index in [4.69, 9.17) is 11.6 Å². The standard InChI is InChI=1S/C12H17BrClN3/c1-2-16-3-5-17(6-4-16)12-10(8-14)7-11(13)9-15-12/h7,9H,2-6,8H2,1H3.